The summed E-state index contributed by atoms with van der Waals surface area (Å²) in [6.07, 6.45) is 2.11. The van der Waals surface area contributed by atoms with Crippen molar-refractivity contribution in [1.82, 2.24) is 15.1 Å². The second-order valence-electron chi connectivity index (χ2n) is 6.94. The van der Waals surface area contributed by atoms with Crippen LogP contribution < -0.4 is 15.2 Å². The smallest absolute Gasteiger partial charge is 0.260 e. The van der Waals surface area contributed by atoms with Crippen LogP contribution in [-0.2, 0) is 4.79 Å². The Morgan fingerprint density at radius 1 is 1.39 bits per heavy atom. The summed E-state index contributed by atoms with van der Waals surface area (Å²) in [7, 11) is 0. The van der Waals surface area contributed by atoms with Crippen LogP contribution in [0.3, 0.4) is 0 Å². The standard InChI is InChI=1S/C20H21N5O3/c1-12-17-18(15(10-21)19(22)28-20(17)24-23-12)13-4-6-14(7-5-13)27-11-16(26)25-8-2-3-9-25/h4-7,18H,2-3,8-9,11,22H2,1H3,(H,23,24)/t18-/m1/s1. The molecule has 0 saturated carbocycles. The Labute approximate surface area is 162 Å². The first-order valence-electron chi connectivity index (χ1n) is 9.21. The molecule has 8 heteroatoms. The molecule has 8 nitrogen and oxygen atoms in total. The highest BCUT2D eigenvalue weighted by Crippen LogP contribution is 2.42. The molecule has 0 spiro atoms. The quantitative estimate of drug-likeness (QED) is 0.838. The predicted octanol–water partition coefficient (Wildman–Crippen LogP) is 1.94. The van der Waals surface area contributed by atoms with Crippen molar-refractivity contribution >= 4 is 5.91 Å². The minimum atomic E-state index is -0.368. The number of nitrogens with zero attached hydrogens (tertiary/aromatic N) is 3. The number of hydrogen-bond donors (Lipinski definition) is 2. The summed E-state index contributed by atoms with van der Waals surface area (Å²) in [4.78, 5) is 13.9. The molecule has 0 radical (unpaired) electrons. The van der Waals surface area contributed by atoms with Gasteiger partial charge in [0.15, 0.2) is 6.61 Å². The number of nitrogens with two attached hydrogens (primary N) is 1. The number of aromatic amines is 1. The molecule has 3 heterocycles. The van der Waals surface area contributed by atoms with Gasteiger partial charge >= 0.3 is 0 Å². The minimum Gasteiger partial charge on any atom is -0.484 e. The highest BCUT2D eigenvalue weighted by atomic mass is 16.5. The van der Waals surface area contributed by atoms with Crippen molar-refractivity contribution in [3.05, 3.63) is 52.5 Å². The van der Waals surface area contributed by atoms with Gasteiger partial charge in [-0.1, -0.05) is 12.1 Å². The van der Waals surface area contributed by atoms with E-state index in [-0.39, 0.29) is 24.3 Å². The normalized spacial score (nSPS) is 18.4. The number of nitrogens with one attached hydrogen (secondary N) is 1. The van der Waals surface area contributed by atoms with E-state index in [1.165, 1.54) is 0 Å². The lowest BCUT2D eigenvalue weighted by Crippen LogP contribution is -2.32. The molecule has 1 aromatic heterocycles. The lowest BCUT2D eigenvalue weighted by molar-refractivity contribution is -0.132. The Morgan fingerprint density at radius 3 is 2.79 bits per heavy atom. The number of ether oxygens (including phenoxy) is 2. The molecule has 2 aromatic rings. The van der Waals surface area contributed by atoms with Gasteiger partial charge in [0.25, 0.3) is 5.91 Å². The molecule has 28 heavy (non-hydrogen) atoms. The van der Waals surface area contributed by atoms with Crippen LogP contribution in [0.4, 0.5) is 0 Å². The second-order valence-corrected chi connectivity index (χ2v) is 6.94. The number of benzene rings is 1. The molecule has 1 amide bonds. The van der Waals surface area contributed by atoms with Crippen molar-refractivity contribution in [2.45, 2.75) is 25.7 Å². The molecular formula is C20H21N5O3. The minimum absolute atomic E-state index is 0.00661. The van der Waals surface area contributed by atoms with Crippen LogP contribution in [0, 0.1) is 18.3 Å². The van der Waals surface area contributed by atoms with E-state index in [1.807, 2.05) is 24.0 Å². The van der Waals surface area contributed by atoms with E-state index in [4.69, 9.17) is 15.2 Å². The van der Waals surface area contributed by atoms with Crippen LogP contribution in [-0.4, -0.2) is 40.7 Å². The number of carbonyl (C=O) groups excluding carboxylic acids is 1. The summed E-state index contributed by atoms with van der Waals surface area (Å²) >= 11 is 0. The van der Waals surface area contributed by atoms with Crippen LogP contribution in [0.15, 0.2) is 35.7 Å². The number of carbonyl (C=O) groups is 1. The summed E-state index contributed by atoms with van der Waals surface area (Å²) in [5.41, 5.74) is 8.75. The van der Waals surface area contributed by atoms with Crippen molar-refractivity contribution in [1.29, 1.82) is 5.26 Å². The molecular weight excluding hydrogens is 358 g/mol. The van der Waals surface area contributed by atoms with E-state index >= 15 is 0 Å². The molecule has 0 bridgehead atoms. The van der Waals surface area contributed by atoms with Gasteiger partial charge in [-0.25, -0.2) is 0 Å². The highest BCUT2D eigenvalue weighted by molar-refractivity contribution is 5.78. The van der Waals surface area contributed by atoms with E-state index in [9.17, 15) is 10.1 Å². The number of nitriles is 1. The lowest BCUT2D eigenvalue weighted by atomic mass is 9.84. The summed E-state index contributed by atoms with van der Waals surface area (Å²) in [5.74, 6) is 0.682. The summed E-state index contributed by atoms with van der Waals surface area (Å²) in [6.45, 7) is 3.52. The van der Waals surface area contributed by atoms with Crippen LogP contribution in [0.25, 0.3) is 0 Å². The molecule has 3 N–H and O–H groups in total. The number of amides is 1. The first-order chi connectivity index (χ1) is 13.6. The monoisotopic (exact) mass is 379 g/mol. The summed E-state index contributed by atoms with van der Waals surface area (Å²) < 4.78 is 11.1. The number of fused-ring (bicyclic) bond motifs is 1. The molecule has 0 aliphatic carbocycles. The Kier molecular flexibility index (Phi) is 4.65. The third-order valence-electron chi connectivity index (χ3n) is 5.16. The Bertz CT molecular complexity index is 965. The maximum atomic E-state index is 12.1. The number of aryl methyl sites for hydroxylation is 1. The third kappa shape index (κ3) is 3.16. The SMILES string of the molecule is Cc1[nH]nc2c1[C@H](c1ccc(OCC(=O)N3CCCC3)cc1)C(C#N)=C(N)O2. The average Bonchev–Trinajstić information content (AvgIpc) is 3.36. The molecule has 1 atom stereocenters. The number of rotatable bonds is 4. The van der Waals surface area contributed by atoms with Gasteiger partial charge in [0, 0.05) is 24.3 Å². The molecule has 1 fully saturated rings. The largest absolute Gasteiger partial charge is 0.484 e. The molecule has 2 aliphatic heterocycles. The van der Waals surface area contributed by atoms with E-state index < -0.39 is 0 Å². The Morgan fingerprint density at radius 2 is 2.11 bits per heavy atom. The maximum Gasteiger partial charge on any atom is 0.260 e. The zero-order valence-electron chi connectivity index (χ0n) is 15.6. The van der Waals surface area contributed by atoms with Crippen molar-refractivity contribution in [3.63, 3.8) is 0 Å². The van der Waals surface area contributed by atoms with Crippen LogP contribution >= 0.6 is 0 Å². The molecule has 4 rings (SSSR count). The van der Waals surface area contributed by atoms with Crippen molar-refractivity contribution in [3.8, 4) is 17.7 Å². The van der Waals surface area contributed by atoms with Gasteiger partial charge in [-0.2, -0.15) is 5.26 Å². The molecule has 1 aromatic carbocycles. The third-order valence-corrected chi connectivity index (χ3v) is 5.16. The van der Waals surface area contributed by atoms with E-state index in [0.29, 0.717) is 17.2 Å². The number of likely N-dealkylation sites (tertiary alicyclic amines) is 1. The van der Waals surface area contributed by atoms with Gasteiger partial charge in [-0.3, -0.25) is 9.89 Å². The molecule has 2 aliphatic rings. The first-order valence-corrected chi connectivity index (χ1v) is 9.21. The number of aromatic nitrogens is 2. The van der Waals surface area contributed by atoms with E-state index in [0.717, 1.165) is 42.8 Å². The van der Waals surface area contributed by atoms with E-state index in [2.05, 4.69) is 16.3 Å². The van der Waals surface area contributed by atoms with Gasteiger partial charge in [-0.15, -0.1) is 5.10 Å². The van der Waals surface area contributed by atoms with Crippen molar-refractivity contribution in [2.24, 2.45) is 5.73 Å². The zero-order valence-corrected chi connectivity index (χ0v) is 15.6. The van der Waals surface area contributed by atoms with Crippen LogP contribution in [0.5, 0.6) is 11.6 Å². The zero-order chi connectivity index (χ0) is 19.7. The molecule has 0 unspecified atom stereocenters. The van der Waals surface area contributed by atoms with Crippen LogP contribution in [0.2, 0.25) is 0 Å². The Hall–Kier alpha value is -3.47. The van der Waals surface area contributed by atoms with Gasteiger partial charge < -0.3 is 20.1 Å². The summed E-state index contributed by atoms with van der Waals surface area (Å²) in [6, 6.07) is 9.48. The fourth-order valence-electron chi connectivity index (χ4n) is 3.69. The van der Waals surface area contributed by atoms with Crippen molar-refractivity contribution < 1.29 is 14.3 Å². The second kappa shape index (κ2) is 7.27. The number of allylic oxidation sites excluding steroid dienone is 1. The van der Waals surface area contributed by atoms with Gasteiger partial charge in [0.05, 0.1) is 5.92 Å². The van der Waals surface area contributed by atoms with E-state index in [1.54, 1.807) is 12.1 Å². The fraction of sp³-hybridized carbons (Fsp3) is 0.350. The number of H-pyrrole nitrogens is 1. The van der Waals surface area contributed by atoms with Crippen molar-refractivity contribution in [2.75, 3.05) is 19.7 Å². The molecule has 1 saturated heterocycles. The topological polar surface area (TPSA) is 117 Å². The summed E-state index contributed by atoms with van der Waals surface area (Å²) in [5, 5.41) is 16.6. The number of hydrogen-bond acceptors (Lipinski definition) is 6. The average molecular weight is 379 g/mol. The van der Waals surface area contributed by atoms with Gasteiger partial charge in [0.2, 0.25) is 11.8 Å². The van der Waals surface area contributed by atoms with Gasteiger partial charge in [-0.05, 0) is 37.5 Å². The maximum absolute atomic E-state index is 12.1. The van der Waals surface area contributed by atoms with Gasteiger partial charge in [0.1, 0.15) is 17.4 Å². The lowest BCUT2D eigenvalue weighted by Gasteiger charge is -2.23. The fourth-order valence-corrected chi connectivity index (χ4v) is 3.69. The first kappa shape index (κ1) is 17.9. The van der Waals surface area contributed by atoms with Crippen LogP contribution in [0.1, 0.15) is 35.6 Å². The predicted molar refractivity (Wildman–Crippen MR) is 100 cm³/mol. The highest BCUT2D eigenvalue weighted by Gasteiger charge is 2.34. The molecule has 144 valence electrons. The Balaban J connectivity index is 1.54.